The second kappa shape index (κ2) is 6.93. The number of halogens is 1. The lowest BCUT2D eigenvalue weighted by Crippen LogP contribution is -2.43. The maximum absolute atomic E-state index is 14.2. The zero-order valence-electron chi connectivity index (χ0n) is 18.7. The molecule has 0 N–H and O–H groups in total. The van der Waals surface area contributed by atoms with Crippen molar-refractivity contribution in [3.05, 3.63) is 53.6 Å². The standard InChI is InChI=1S/C25H30FN3O/c1-16-8-9-17(14-20(16)26)19-15-29(24(2,3)4)22-18(19)10-11-21(27-22)23(30)28-13-7-12-25(28,5)6/h8-11,14-15H,7,12-13H2,1-6H3. The van der Waals surface area contributed by atoms with E-state index in [0.29, 0.717) is 11.3 Å². The van der Waals surface area contributed by atoms with Crippen LogP contribution in [0.2, 0.25) is 0 Å². The highest BCUT2D eigenvalue weighted by Gasteiger charge is 2.36. The summed E-state index contributed by atoms with van der Waals surface area (Å²) in [5, 5.41) is 0.922. The smallest absolute Gasteiger partial charge is 0.272 e. The first-order valence-electron chi connectivity index (χ1n) is 10.6. The second-order valence-corrected chi connectivity index (χ2v) is 9.99. The van der Waals surface area contributed by atoms with Crippen LogP contribution < -0.4 is 0 Å². The third-order valence-electron chi connectivity index (χ3n) is 6.22. The Bertz CT molecular complexity index is 1140. The van der Waals surface area contributed by atoms with E-state index in [1.165, 1.54) is 0 Å². The van der Waals surface area contributed by atoms with Crippen molar-refractivity contribution in [3.8, 4) is 11.1 Å². The lowest BCUT2D eigenvalue weighted by atomic mass is 10.0. The fraction of sp³-hybridized carbons (Fsp3) is 0.440. The molecule has 2 aromatic heterocycles. The van der Waals surface area contributed by atoms with Gasteiger partial charge in [0, 0.05) is 34.8 Å². The zero-order valence-corrected chi connectivity index (χ0v) is 18.7. The van der Waals surface area contributed by atoms with Crippen LogP contribution in [0.5, 0.6) is 0 Å². The molecule has 1 fully saturated rings. The quantitative estimate of drug-likeness (QED) is 0.529. The molecule has 0 atom stereocenters. The summed E-state index contributed by atoms with van der Waals surface area (Å²) in [6.07, 6.45) is 4.04. The Kier molecular flexibility index (Phi) is 4.75. The van der Waals surface area contributed by atoms with Crippen LogP contribution in [0.1, 0.15) is 63.5 Å². The van der Waals surface area contributed by atoms with Crippen molar-refractivity contribution in [2.24, 2.45) is 0 Å². The summed E-state index contributed by atoms with van der Waals surface area (Å²) in [7, 11) is 0. The van der Waals surface area contributed by atoms with Gasteiger partial charge >= 0.3 is 0 Å². The molecule has 1 amide bonds. The van der Waals surface area contributed by atoms with Gasteiger partial charge in [-0.25, -0.2) is 9.37 Å². The van der Waals surface area contributed by atoms with Gasteiger partial charge in [-0.15, -0.1) is 0 Å². The van der Waals surface area contributed by atoms with Gasteiger partial charge in [-0.05, 0) is 83.7 Å². The van der Waals surface area contributed by atoms with Crippen molar-refractivity contribution >= 4 is 16.9 Å². The van der Waals surface area contributed by atoms with Crippen LogP contribution in [0.15, 0.2) is 36.5 Å². The van der Waals surface area contributed by atoms with Gasteiger partial charge < -0.3 is 9.47 Å². The van der Waals surface area contributed by atoms with Gasteiger partial charge in [0.1, 0.15) is 17.2 Å². The largest absolute Gasteiger partial charge is 0.332 e. The van der Waals surface area contributed by atoms with Crippen LogP contribution in [0.4, 0.5) is 4.39 Å². The maximum Gasteiger partial charge on any atom is 0.272 e. The highest BCUT2D eigenvalue weighted by molar-refractivity contribution is 5.99. The van der Waals surface area contributed by atoms with Gasteiger partial charge in [-0.3, -0.25) is 4.79 Å². The number of amides is 1. The number of hydrogen-bond acceptors (Lipinski definition) is 2. The zero-order chi connectivity index (χ0) is 21.8. The van der Waals surface area contributed by atoms with E-state index in [-0.39, 0.29) is 22.8 Å². The summed E-state index contributed by atoms with van der Waals surface area (Å²) >= 11 is 0. The molecule has 1 aliphatic rings. The summed E-state index contributed by atoms with van der Waals surface area (Å²) in [6, 6.07) is 9.06. The Hall–Kier alpha value is -2.69. The predicted molar refractivity (Wildman–Crippen MR) is 119 cm³/mol. The molecule has 0 radical (unpaired) electrons. The number of rotatable bonds is 2. The van der Waals surface area contributed by atoms with Gasteiger partial charge in [0.2, 0.25) is 0 Å². The molecule has 0 bridgehead atoms. The molecule has 0 spiro atoms. The second-order valence-electron chi connectivity index (χ2n) is 9.99. The van der Waals surface area contributed by atoms with Crippen molar-refractivity contribution in [3.63, 3.8) is 0 Å². The van der Waals surface area contributed by atoms with E-state index >= 15 is 0 Å². The first-order valence-corrected chi connectivity index (χ1v) is 10.6. The van der Waals surface area contributed by atoms with E-state index in [1.54, 1.807) is 25.1 Å². The van der Waals surface area contributed by atoms with Crippen molar-refractivity contribution in [1.82, 2.24) is 14.5 Å². The van der Waals surface area contributed by atoms with Gasteiger partial charge in [-0.2, -0.15) is 0 Å². The summed E-state index contributed by atoms with van der Waals surface area (Å²) in [5.41, 5.74) is 3.19. The molecule has 1 saturated heterocycles. The number of pyridine rings is 1. The van der Waals surface area contributed by atoms with Crippen molar-refractivity contribution in [2.75, 3.05) is 6.54 Å². The Morgan fingerprint density at radius 1 is 1.17 bits per heavy atom. The fourth-order valence-corrected chi connectivity index (χ4v) is 4.35. The van der Waals surface area contributed by atoms with E-state index in [0.717, 1.165) is 41.5 Å². The molecular formula is C25H30FN3O. The Labute approximate surface area is 177 Å². The first kappa shape index (κ1) is 20.6. The molecule has 30 heavy (non-hydrogen) atoms. The molecule has 4 nitrogen and oxygen atoms in total. The topological polar surface area (TPSA) is 38.1 Å². The average Bonchev–Trinajstić information content (AvgIpc) is 3.22. The minimum absolute atomic E-state index is 0.0241. The third kappa shape index (κ3) is 3.40. The molecule has 1 aromatic carbocycles. The van der Waals surface area contributed by atoms with E-state index in [1.807, 2.05) is 23.2 Å². The number of fused-ring (bicyclic) bond motifs is 1. The van der Waals surface area contributed by atoms with Crippen LogP contribution in [0.3, 0.4) is 0 Å². The molecule has 4 rings (SSSR count). The SMILES string of the molecule is Cc1ccc(-c2cn(C(C)(C)C)c3nc(C(=O)N4CCCC4(C)C)ccc23)cc1F. The highest BCUT2D eigenvalue weighted by Crippen LogP contribution is 2.35. The van der Waals surface area contributed by atoms with Gasteiger partial charge in [0.05, 0.1) is 0 Å². The third-order valence-corrected chi connectivity index (χ3v) is 6.22. The van der Waals surface area contributed by atoms with E-state index < -0.39 is 0 Å². The van der Waals surface area contributed by atoms with Crippen molar-refractivity contribution < 1.29 is 9.18 Å². The molecule has 0 unspecified atom stereocenters. The monoisotopic (exact) mass is 407 g/mol. The fourth-order valence-electron chi connectivity index (χ4n) is 4.35. The molecular weight excluding hydrogens is 377 g/mol. The van der Waals surface area contributed by atoms with E-state index in [9.17, 15) is 9.18 Å². The Morgan fingerprint density at radius 2 is 1.90 bits per heavy atom. The minimum Gasteiger partial charge on any atom is -0.332 e. The summed E-state index contributed by atoms with van der Waals surface area (Å²) in [4.78, 5) is 20.0. The number of carbonyl (C=O) groups is 1. The van der Waals surface area contributed by atoms with Gasteiger partial charge in [0.15, 0.2) is 0 Å². The van der Waals surface area contributed by atoms with E-state index in [4.69, 9.17) is 4.98 Å². The van der Waals surface area contributed by atoms with Crippen LogP contribution in [-0.2, 0) is 5.54 Å². The normalized spacial score (nSPS) is 16.4. The molecule has 158 valence electrons. The van der Waals surface area contributed by atoms with E-state index in [2.05, 4.69) is 39.2 Å². The molecule has 3 heterocycles. The van der Waals surface area contributed by atoms with Crippen LogP contribution in [0.25, 0.3) is 22.2 Å². The molecule has 5 heteroatoms. The number of nitrogens with zero attached hydrogens (tertiary/aromatic N) is 3. The Balaban J connectivity index is 1.87. The van der Waals surface area contributed by atoms with Gasteiger partial charge in [-0.1, -0.05) is 12.1 Å². The number of hydrogen-bond donors (Lipinski definition) is 0. The van der Waals surface area contributed by atoms with Crippen molar-refractivity contribution in [1.29, 1.82) is 0 Å². The molecule has 0 saturated carbocycles. The van der Waals surface area contributed by atoms with Crippen LogP contribution in [0, 0.1) is 12.7 Å². The number of aromatic nitrogens is 2. The number of benzene rings is 1. The molecule has 3 aromatic rings. The minimum atomic E-state index is -0.235. The number of likely N-dealkylation sites (tertiary alicyclic amines) is 1. The Morgan fingerprint density at radius 3 is 2.50 bits per heavy atom. The summed E-state index contributed by atoms with van der Waals surface area (Å²) in [6.45, 7) is 13.1. The van der Waals surface area contributed by atoms with Gasteiger partial charge in [0.25, 0.3) is 5.91 Å². The van der Waals surface area contributed by atoms with Crippen LogP contribution >= 0.6 is 0 Å². The number of carbonyl (C=O) groups excluding carboxylic acids is 1. The lowest BCUT2D eigenvalue weighted by Gasteiger charge is -2.31. The molecule has 1 aliphatic heterocycles. The summed E-state index contributed by atoms with van der Waals surface area (Å²) < 4.78 is 16.3. The average molecular weight is 408 g/mol. The lowest BCUT2D eigenvalue weighted by molar-refractivity contribution is 0.0646. The number of aryl methyl sites for hydroxylation is 1. The van der Waals surface area contributed by atoms with Crippen LogP contribution in [-0.4, -0.2) is 32.4 Å². The first-order chi connectivity index (χ1) is 14.0. The highest BCUT2D eigenvalue weighted by atomic mass is 19.1. The maximum atomic E-state index is 14.2. The molecule has 0 aliphatic carbocycles. The predicted octanol–water partition coefficient (Wildman–Crippen LogP) is 5.92. The summed E-state index contributed by atoms with van der Waals surface area (Å²) in [5.74, 6) is -0.246. The van der Waals surface area contributed by atoms with Crippen molar-refractivity contribution in [2.45, 2.75) is 65.5 Å².